The van der Waals surface area contributed by atoms with E-state index in [0.717, 1.165) is 17.2 Å². The molecule has 0 aliphatic rings. The van der Waals surface area contributed by atoms with E-state index in [9.17, 15) is 4.79 Å². The van der Waals surface area contributed by atoms with Crippen LogP contribution in [0.2, 0.25) is 0 Å². The first-order valence-corrected chi connectivity index (χ1v) is 6.72. The van der Waals surface area contributed by atoms with Gasteiger partial charge in [0.15, 0.2) is 0 Å². The molecule has 1 aromatic heterocycles. The standard InChI is InChI=1S/C15H14O3S/c16-15(17)7-6-12-3-1-4-13(9-12)10-18-11-14-5-2-8-19-14/h1-9H,10-11H2,(H,16,17). The molecule has 0 saturated heterocycles. The Morgan fingerprint density at radius 1 is 1.26 bits per heavy atom. The van der Waals surface area contributed by atoms with E-state index in [1.165, 1.54) is 4.88 Å². The molecule has 1 N–H and O–H groups in total. The molecule has 0 atom stereocenters. The van der Waals surface area contributed by atoms with Crippen molar-refractivity contribution in [3.05, 3.63) is 63.9 Å². The highest BCUT2D eigenvalue weighted by molar-refractivity contribution is 7.09. The third-order valence-electron chi connectivity index (χ3n) is 2.46. The fraction of sp³-hybridized carbons (Fsp3) is 0.133. The maximum atomic E-state index is 10.5. The number of carbonyl (C=O) groups is 1. The monoisotopic (exact) mass is 274 g/mol. The van der Waals surface area contributed by atoms with E-state index < -0.39 is 5.97 Å². The third kappa shape index (κ3) is 4.69. The van der Waals surface area contributed by atoms with Gasteiger partial charge in [-0.2, -0.15) is 0 Å². The van der Waals surface area contributed by atoms with E-state index in [0.29, 0.717) is 13.2 Å². The Bertz CT molecular complexity index is 559. The fourth-order valence-electron chi connectivity index (χ4n) is 1.62. The van der Waals surface area contributed by atoms with Crippen LogP contribution in [0.5, 0.6) is 0 Å². The zero-order chi connectivity index (χ0) is 13.5. The lowest BCUT2D eigenvalue weighted by Gasteiger charge is -2.04. The van der Waals surface area contributed by atoms with E-state index in [2.05, 4.69) is 0 Å². The number of rotatable bonds is 6. The van der Waals surface area contributed by atoms with Crippen LogP contribution in [0.4, 0.5) is 0 Å². The van der Waals surface area contributed by atoms with Crippen LogP contribution in [0, 0.1) is 0 Å². The lowest BCUT2D eigenvalue weighted by molar-refractivity contribution is -0.131. The van der Waals surface area contributed by atoms with Gasteiger partial charge in [0.25, 0.3) is 0 Å². The van der Waals surface area contributed by atoms with Gasteiger partial charge in [0.2, 0.25) is 0 Å². The average Bonchev–Trinajstić information content (AvgIpc) is 2.90. The molecule has 19 heavy (non-hydrogen) atoms. The number of hydrogen-bond acceptors (Lipinski definition) is 3. The Morgan fingerprint density at radius 3 is 2.89 bits per heavy atom. The molecule has 0 unspecified atom stereocenters. The number of carboxylic acid groups (broad SMARTS) is 1. The van der Waals surface area contributed by atoms with Gasteiger partial charge < -0.3 is 9.84 Å². The van der Waals surface area contributed by atoms with E-state index in [1.54, 1.807) is 17.4 Å². The first-order valence-electron chi connectivity index (χ1n) is 5.84. The van der Waals surface area contributed by atoms with Crippen molar-refractivity contribution in [2.24, 2.45) is 0 Å². The van der Waals surface area contributed by atoms with Crippen LogP contribution in [0.3, 0.4) is 0 Å². The maximum Gasteiger partial charge on any atom is 0.328 e. The van der Waals surface area contributed by atoms with Crippen molar-refractivity contribution in [3.63, 3.8) is 0 Å². The lowest BCUT2D eigenvalue weighted by Crippen LogP contribution is -1.93. The van der Waals surface area contributed by atoms with Crippen LogP contribution in [0.25, 0.3) is 6.08 Å². The van der Waals surface area contributed by atoms with Crippen molar-refractivity contribution in [1.29, 1.82) is 0 Å². The molecular formula is C15H14O3S. The van der Waals surface area contributed by atoms with Crippen molar-refractivity contribution >= 4 is 23.4 Å². The first-order chi connectivity index (χ1) is 9.24. The van der Waals surface area contributed by atoms with Crippen LogP contribution < -0.4 is 0 Å². The molecule has 3 nitrogen and oxygen atoms in total. The van der Waals surface area contributed by atoms with Crippen LogP contribution in [-0.4, -0.2) is 11.1 Å². The SMILES string of the molecule is O=C(O)C=Cc1cccc(COCc2cccs2)c1. The predicted molar refractivity (Wildman–Crippen MR) is 75.9 cm³/mol. The van der Waals surface area contributed by atoms with Gasteiger partial charge in [-0.15, -0.1) is 11.3 Å². The predicted octanol–water partition coefficient (Wildman–Crippen LogP) is 3.56. The van der Waals surface area contributed by atoms with Gasteiger partial charge >= 0.3 is 5.97 Å². The van der Waals surface area contributed by atoms with Crippen molar-refractivity contribution in [1.82, 2.24) is 0 Å². The summed E-state index contributed by atoms with van der Waals surface area (Å²) in [6.45, 7) is 1.12. The van der Waals surface area contributed by atoms with Crippen LogP contribution in [0.15, 0.2) is 47.9 Å². The zero-order valence-corrected chi connectivity index (χ0v) is 11.1. The topological polar surface area (TPSA) is 46.5 Å². The largest absolute Gasteiger partial charge is 0.478 e. The van der Waals surface area contributed by atoms with Crippen molar-refractivity contribution in [2.75, 3.05) is 0 Å². The molecule has 0 bridgehead atoms. The molecule has 0 aliphatic heterocycles. The minimum atomic E-state index is -0.945. The highest BCUT2D eigenvalue weighted by Crippen LogP contribution is 2.12. The summed E-state index contributed by atoms with van der Waals surface area (Å²) >= 11 is 1.67. The summed E-state index contributed by atoms with van der Waals surface area (Å²) in [6, 6.07) is 11.7. The second-order valence-electron chi connectivity index (χ2n) is 3.99. The highest BCUT2D eigenvalue weighted by Gasteiger charge is 1.97. The Hall–Kier alpha value is -1.91. The Balaban J connectivity index is 1.90. The van der Waals surface area contributed by atoms with Crippen molar-refractivity contribution < 1.29 is 14.6 Å². The molecular weight excluding hydrogens is 260 g/mol. The molecule has 2 rings (SSSR count). The summed E-state index contributed by atoms with van der Waals surface area (Å²) in [5, 5.41) is 10.6. The minimum absolute atomic E-state index is 0.520. The number of hydrogen-bond donors (Lipinski definition) is 1. The van der Waals surface area contributed by atoms with E-state index >= 15 is 0 Å². The minimum Gasteiger partial charge on any atom is -0.478 e. The third-order valence-corrected chi connectivity index (χ3v) is 3.31. The van der Waals surface area contributed by atoms with Gasteiger partial charge in [-0.25, -0.2) is 4.79 Å². The molecule has 0 amide bonds. The zero-order valence-electron chi connectivity index (χ0n) is 10.3. The van der Waals surface area contributed by atoms with Crippen LogP contribution in [0.1, 0.15) is 16.0 Å². The van der Waals surface area contributed by atoms with Gasteiger partial charge in [-0.3, -0.25) is 0 Å². The fourth-order valence-corrected chi connectivity index (χ4v) is 2.26. The molecule has 0 aliphatic carbocycles. The quantitative estimate of drug-likeness (QED) is 0.819. The summed E-state index contributed by atoms with van der Waals surface area (Å²) < 4.78 is 5.61. The summed E-state index contributed by atoms with van der Waals surface area (Å²) in [5.41, 5.74) is 1.89. The molecule has 98 valence electrons. The highest BCUT2D eigenvalue weighted by atomic mass is 32.1. The summed E-state index contributed by atoms with van der Waals surface area (Å²) in [4.78, 5) is 11.6. The van der Waals surface area contributed by atoms with E-state index in [1.807, 2.05) is 41.8 Å². The van der Waals surface area contributed by atoms with Gasteiger partial charge in [-0.1, -0.05) is 24.3 Å². The number of carboxylic acids is 1. The second kappa shape index (κ2) is 6.87. The summed E-state index contributed by atoms with van der Waals surface area (Å²) in [7, 11) is 0. The number of benzene rings is 1. The van der Waals surface area contributed by atoms with Crippen LogP contribution >= 0.6 is 11.3 Å². The average molecular weight is 274 g/mol. The molecule has 0 radical (unpaired) electrons. The Labute approximate surface area is 115 Å². The molecule has 0 saturated carbocycles. The van der Waals surface area contributed by atoms with E-state index in [4.69, 9.17) is 9.84 Å². The number of thiophene rings is 1. The summed E-state index contributed by atoms with van der Waals surface area (Å²) in [5.74, 6) is -0.945. The van der Waals surface area contributed by atoms with Gasteiger partial charge in [-0.05, 0) is 34.7 Å². The van der Waals surface area contributed by atoms with Crippen LogP contribution in [-0.2, 0) is 22.7 Å². The Morgan fingerprint density at radius 2 is 2.16 bits per heavy atom. The molecule has 2 aromatic rings. The van der Waals surface area contributed by atoms with Gasteiger partial charge in [0, 0.05) is 11.0 Å². The lowest BCUT2D eigenvalue weighted by atomic mass is 10.1. The normalized spacial score (nSPS) is 10.9. The van der Waals surface area contributed by atoms with Crippen molar-refractivity contribution in [3.8, 4) is 0 Å². The number of ether oxygens (including phenoxy) is 1. The molecule has 0 spiro atoms. The second-order valence-corrected chi connectivity index (χ2v) is 5.02. The van der Waals surface area contributed by atoms with Gasteiger partial charge in [0.1, 0.15) is 0 Å². The maximum absolute atomic E-state index is 10.5. The molecule has 1 heterocycles. The first kappa shape index (κ1) is 13.5. The number of aliphatic carboxylic acids is 1. The Kier molecular flexibility index (Phi) is 4.89. The van der Waals surface area contributed by atoms with E-state index in [-0.39, 0.29) is 0 Å². The molecule has 1 aromatic carbocycles. The molecule has 4 heteroatoms. The van der Waals surface area contributed by atoms with Gasteiger partial charge in [0.05, 0.1) is 13.2 Å². The molecule has 0 fully saturated rings. The smallest absolute Gasteiger partial charge is 0.328 e. The summed E-state index contributed by atoms with van der Waals surface area (Å²) in [6.07, 6.45) is 2.71. The van der Waals surface area contributed by atoms with Crippen molar-refractivity contribution in [2.45, 2.75) is 13.2 Å².